The van der Waals surface area contributed by atoms with E-state index in [-0.39, 0.29) is 0 Å². The van der Waals surface area contributed by atoms with Gasteiger partial charge in [0.15, 0.2) is 0 Å². The van der Waals surface area contributed by atoms with Gasteiger partial charge in [0.05, 0.1) is 0 Å². The molecule has 0 aliphatic carbocycles. The van der Waals surface area contributed by atoms with E-state index in [9.17, 15) is 0 Å². The molecular formula is C8H13N3. The van der Waals surface area contributed by atoms with Gasteiger partial charge in [-0.15, -0.1) is 0 Å². The highest BCUT2D eigenvalue weighted by Gasteiger charge is 1.94. The normalized spacial score (nSPS) is 10.5. The van der Waals surface area contributed by atoms with Crippen molar-refractivity contribution in [1.82, 2.24) is 14.9 Å². The minimum Gasteiger partial charge on any atom is -0.309 e. The van der Waals surface area contributed by atoms with E-state index in [1.807, 2.05) is 20.2 Å². The van der Waals surface area contributed by atoms with Gasteiger partial charge in [0.2, 0.25) is 0 Å². The Labute approximate surface area is 67.1 Å². The maximum Gasteiger partial charge on any atom is 0.129 e. The summed E-state index contributed by atoms with van der Waals surface area (Å²) in [5.74, 6) is 0.918. The Bertz CT molecular complexity index is 196. The third-order valence-electron chi connectivity index (χ3n) is 1.40. The van der Waals surface area contributed by atoms with Crippen LogP contribution in [0.25, 0.3) is 0 Å². The molecule has 1 aromatic heterocycles. The van der Waals surface area contributed by atoms with Crippen LogP contribution in [0.3, 0.4) is 0 Å². The molecule has 0 N–H and O–H groups in total. The lowest BCUT2D eigenvalue weighted by atomic mass is 10.4. The van der Waals surface area contributed by atoms with Gasteiger partial charge in [-0.25, -0.2) is 9.97 Å². The summed E-state index contributed by atoms with van der Waals surface area (Å²) in [6.45, 7) is 1.00. The molecule has 0 bridgehead atoms. The SMILES string of the molecule is CN(C)CCc1ncccn1. The third kappa shape index (κ3) is 3.09. The number of aromatic nitrogens is 2. The third-order valence-corrected chi connectivity index (χ3v) is 1.40. The van der Waals surface area contributed by atoms with Crippen molar-refractivity contribution < 1.29 is 0 Å². The van der Waals surface area contributed by atoms with Gasteiger partial charge in [-0.1, -0.05) is 0 Å². The number of hydrogen-bond donors (Lipinski definition) is 0. The zero-order chi connectivity index (χ0) is 8.10. The van der Waals surface area contributed by atoms with Gasteiger partial charge in [0, 0.05) is 25.4 Å². The van der Waals surface area contributed by atoms with Crippen molar-refractivity contribution in [2.75, 3.05) is 20.6 Å². The molecule has 60 valence electrons. The highest BCUT2D eigenvalue weighted by molar-refractivity contribution is 4.88. The molecule has 0 unspecified atom stereocenters. The molecule has 3 heteroatoms. The van der Waals surface area contributed by atoms with E-state index in [4.69, 9.17) is 0 Å². The lowest BCUT2D eigenvalue weighted by Crippen LogP contribution is -2.16. The van der Waals surface area contributed by atoms with E-state index in [1.165, 1.54) is 0 Å². The summed E-state index contributed by atoms with van der Waals surface area (Å²) in [4.78, 5) is 10.3. The van der Waals surface area contributed by atoms with Crippen LogP contribution in [0, 0.1) is 0 Å². The van der Waals surface area contributed by atoms with Crippen LogP contribution in [0.5, 0.6) is 0 Å². The van der Waals surface area contributed by atoms with Crippen molar-refractivity contribution in [3.05, 3.63) is 24.3 Å². The van der Waals surface area contributed by atoms with Gasteiger partial charge >= 0.3 is 0 Å². The molecule has 0 fully saturated rings. The first kappa shape index (κ1) is 8.14. The van der Waals surface area contributed by atoms with Gasteiger partial charge in [-0.3, -0.25) is 0 Å². The Kier molecular flexibility index (Phi) is 2.98. The molecule has 0 saturated carbocycles. The standard InChI is InChI=1S/C8H13N3/c1-11(2)7-4-8-9-5-3-6-10-8/h3,5-6H,4,7H2,1-2H3. The first-order valence-corrected chi connectivity index (χ1v) is 3.69. The molecular weight excluding hydrogens is 138 g/mol. The van der Waals surface area contributed by atoms with Crippen LogP contribution in [0.2, 0.25) is 0 Å². The van der Waals surface area contributed by atoms with Gasteiger partial charge < -0.3 is 4.90 Å². The van der Waals surface area contributed by atoms with E-state index in [1.54, 1.807) is 12.4 Å². The second-order valence-corrected chi connectivity index (χ2v) is 2.72. The van der Waals surface area contributed by atoms with E-state index < -0.39 is 0 Å². The van der Waals surface area contributed by atoms with E-state index in [2.05, 4.69) is 14.9 Å². The fourth-order valence-corrected chi connectivity index (χ4v) is 0.783. The van der Waals surface area contributed by atoms with Crippen molar-refractivity contribution in [1.29, 1.82) is 0 Å². The molecule has 1 rings (SSSR count). The van der Waals surface area contributed by atoms with Crippen LogP contribution < -0.4 is 0 Å². The van der Waals surface area contributed by atoms with Crippen LogP contribution >= 0.6 is 0 Å². The van der Waals surface area contributed by atoms with E-state index in [0.717, 1.165) is 18.8 Å². The molecule has 0 spiro atoms. The van der Waals surface area contributed by atoms with Crippen molar-refractivity contribution in [2.45, 2.75) is 6.42 Å². The van der Waals surface area contributed by atoms with Crippen LogP contribution in [0.4, 0.5) is 0 Å². The summed E-state index contributed by atoms with van der Waals surface area (Å²) in [6.07, 6.45) is 4.48. The fraction of sp³-hybridized carbons (Fsp3) is 0.500. The van der Waals surface area contributed by atoms with E-state index >= 15 is 0 Å². The number of rotatable bonds is 3. The maximum atomic E-state index is 4.11. The summed E-state index contributed by atoms with van der Waals surface area (Å²) in [5.41, 5.74) is 0. The Hall–Kier alpha value is -0.960. The van der Waals surface area contributed by atoms with Crippen LogP contribution in [-0.4, -0.2) is 35.5 Å². The maximum absolute atomic E-state index is 4.11. The highest BCUT2D eigenvalue weighted by atomic mass is 15.1. The summed E-state index contributed by atoms with van der Waals surface area (Å²) in [6, 6.07) is 1.83. The average Bonchev–Trinajstić information content (AvgIpc) is 2.03. The summed E-state index contributed by atoms with van der Waals surface area (Å²) < 4.78 is 0. The smallest absolute Gasteiger partial charge is 0.129 e. The second kappa shape index (κ2) is 4.03. The lowest BCUT2D eigenvalue weighted by molar-refractivity contribution is 0.409. The summed E-state index contributed by atoms with van der Waals surface area (Å²) in [7, 11) is 4.09. The quantitative estimate of drug-likeness (QED) is 0.632. The minimum atomic E-state index is 0.918. The molecule has 0 radical (unpaired) electrons. The first-order valence-electron chi connectivity index (χ1n) is 3.69. The fourth-order valence-electron chi connectivity index (χ4n) is 0.783. The van der Waals surface area contributed by atoms with Gasteiger partial charge in [0.1, 0.15) is 5.82 Å². The zero-order valence-corrected chi connectivity index (χ0v) is 6.99. The van der Waals surface area contributed by atoms with Crippen molar-refractivity contribution in [3.8, 4) is 0 Å². The van der Waals surface area contributed by atoms with Crippen LogP contribution in [0.1, 0.15) is 5.82 Å². The minimum absolute atomic E-state index is 0.918. The molecule has 0 amide bonds. The average molecular weight is 151 g/mol. The highest BCUT2D eigenvalue weighted by Crippen LogP contribution is 1.89. The number of nitrogens with zero attached hydrogens (tertiary/aromatic N) is 3. The molecule has 11 heavy (non-hydrogen) atoms. The van der Waals surface area contributed by atoms with Crippen molar-refractivity contribution >= 4 is 0 Å². The predicted molar refractivity (Wildman–Crippen MR) is 44.3 cm³/mol. The van der Waals surface area contributed by atoms with E-state index in [0.29, 0.717) is 0 Å². The number of likely N-dealkylation sites (N-methyl/N-ethyl adjacent to an activating group) is 1. The summed E-state index contributed by atoms with van der Waals surface area (Å²) >= 11 is 0. The van der Waals surface area contributed by atoms with Gasteiger partial charge in [-0.05, 0) is 20.2 Å². The molecule has 0 aromatic carbocycles. The first-order chi connectivity index (χ1) is 5.29. The Morgan fingerprint density at radius 2 is 1.91 bits per heavy atom. The lowest BCUT2D eigenvalue weighted by Gasteiger charge is -2.06. The Morgan fingerprint density at radius 1 is 1.27 bits per heavy atom. The topological polar surface area (TPSA) is 29.0 Å². The summed E-state index contributed by atoms with van der Waals surface area (Å²) in [5, 5.41) is 0. The molecule has 3 nitrogen and oxygen atoms in total. The monoisotopic (exact) mass is 151 g/mol. The Balaban J connectivity index is 2.39. The molecule has 0 aliphatic rings. The largest absolute Gasteiger partial charge is 0.309 e. The van der Waals surface area contributed by atoms with Crippen molar-refractivity contribution in [3.63, 3.8) is 0 Å². The number of hydrogen-bond acceptors (Lipinski definition) is 3. The second-order valence-electron chi connectivity index (χ2n) is 2.72. The van der Waals surface area contributed by atoms with Crippen LogP contribution in [-0.2, 0) is 6.42 Å². The molecule has 0 saturated heterocycles. The van der Waals surface area contributed by atoms with Crippen LogP contribution in [0.15, 0.2) is 18.5 Å². The molecule has 0 atom stereocenters. The molecule has 1 aromatic rings. The van der Waals surface area contributed by atoms with Crippen molar-refractivity contribution in [2.24, 2.45) is 0 Å². The Morgan fingerprint density at radius 3 is 2.45 bits per heavy atom. The molecule has 1 heterocycles. The zero-order valence-electron chi connectivity index (χ0n) is 6.99. The predicted octanol–water partition coefficient (Wildman–Crippen LogP) is 0.581. The van der Waals surface area contributed by atoms with Gasteiger partial charge in [-0.2, -0.15) is 0 Å². The van der Waals surface area contributed by atoms with Gasteiger partial charge in [0.25, 0.3) is 0 Å². The molecule has 0 aliphatic heterocycles.